The second-order valence-corrected chi connectivity index (χ2v) is 5.06. The van der Waals surface area contributed by atoms with Crippen molar-refractivity contribution in [3.63, 3.8) is 0 Å². The van der Waals surface area contributed by atoms with Gasteiger partial charge in [0.05, 0.1) is 17.1 Å². The van der Waals surface area contributed by atoms with E-state index in [1.807, 2.05) is 6.92 Å². The Hall–Kier alpha value is -1.77. The number of nitro groups is 1. The van der Waals surface area contributed by atoms with E-state index in [1.165, 1.54) is 0 Å². The van der Waals surface area contributed by atoms with Crippen molar-refractivity contribution in [2.24, 2.45) is 5.73 Å². The zero-order chi connectivity index (χ0) is 15.6. The monoisotopic (exact) mass is 314 g/mol. The molecule has 1 heterocycles. The maximum absolute atomic E-state index is 12.2. The van der Waals surface area contributed by atoms with Crippen LogP contribution in [0.3, 0.4) is 0 Å². The number of ether oxygens (including phenoxy) is 1. The zero-order valence-corrected chi connectivity index (χ0v) is 12.0. The Labute approximate surface area is 125 Å². The van der Waals surface area contributed by atoms with Gasteiger partial charge in [-0.05, 0) is 19.4 Å². The predicted molar refractivity (Wildman–Crippen MR) is 75.2 cm³/mol. The molecule has 1 aliphatic rings. The van der Waals surface area contributed by atoms with Gasteiger partial charge in [0.1, 0.15) is 16.9 Å². The third-order valence-electron chi connectivity index (χ3n) is 3.34. The minimum absolute atomic E-state index is 0.00464. The fourth-order valence-corrected chi connectivity index (χ4v) is 2.36. The molecule has 1 aromatic heterocycles. The second-order valence-electron chi connectivity index (χ2n) is 4.67. The van der Waals surface area contributed by atoms with Crippen LogP contribution in [0.15, 0.2) is 12.3 Å². The van der Waals surface area contributed by atoms with Crippen LogP contribution in [0, 0.1) is 10.1 Å². The van der Waals surface area contributed by atoms with Gasteiger partial charge in [0.25, 0.3) is 11.6 Å². The molecule has 1 amide bonds. The molecule has 1 aromatic rings. The lowest BCUT2D eigenvalue weighted by Crippen LogP contribution is -2.64. The first kappa shape index (κ1) is 15.6. The lowest BCUT2D eigenvalue weighted by atomic mass is 9.83. The average molecular weight is 315 g/mol. The summed E-state index contributed by atoms with van der Waals surface area (Å²) in [6.45, 7) is 2.35. The molecular formula is C12H15ClN4O4. The van der Waals surface area contributed by atoms with E-state index >= 15 is 0 Å². The number of nitrogens with one attached hydrogen (secondary N) is 1. The summed E-state index contributed by atoms with van der Waals surface area (Å²) >= 11 is 5.69. The number of amides is 1. The normalized spacial score (nSPS) is 24.2. The van der Waals surface area contributed by atoms with Crippen LogP contribution in [0.25, 0.3) is 0 Å². The van der Waals surface area contributed by atoms with Gasteiger partial charge in [0.15, 0.2) is 0 Å². The maximum Gasteiger partial charge on any atom is 0.300 e. The fraction of sp³-hybridized carbons (Fsp3) is 0.500. The molecule has 2 rings (SSSR count). The van der Waals surface area contributed by atoms with Crippen LogP contribution in [0.5, 0.6) is 0 Å². The Bertz CT molecular complexity index is 566. The number of hydrogen-bond acceptors (Lipinski definition) is 6. The summed E-state index contributed by atoms with van der Waals surface area (Å²) in [5, 5.41) is 13.6. The van der Waals surface area contributed by atoms with Crippen molar-refractivity contribution in [3.8, 4) is 0 Å². The van der Waals surface area contributed by atoms with E-state index in [1.54, 1.807) is 0 Å². The first-order valence-electron chi connectivity index (χ1n) is 6.42. The van der Waals surface area contributed by atoms with Gasteiger partial charge in [-0.3, -0.25) is 14.9 Å². The summed E-state index contributed by atoms with van der Waals surface area (Å²) in [5.74, 6) is -0.615. The fourth-order valence-electron chi connectivity index (χ4n) is 2.21. The molecule has 1 aliphatic carbocycles. The number of carbonyl (C=O) groups is 1. The van der Waals surface area contributed by atoms with Gasteiger partial charge >= 0.3 is 0 Å². The van der Waals surface area contributed by atoms with Gasteiger partial charge in [-0.2, -0.15) is 0 Å². The summed E-state index contributed by atoms with van der Waals surface area (Å²) in [5.41, 5.74) is 5.28. The van der Waals surface area contributed by atoms with E-state index < -0.39 is 16.5 Å². The van der Waals surface area contributed by atoms with Crippen molar-refractivity contribution >= 4 is 23.2 Å². The Morgan fingerprint density at radius 1 is 1.71 bits per heavy atom. The van der Waals surface area contributed by atoms with E-state index in [0.29, 0.717) is 13.0 Å². The molecule has 8 nitrogen and oxygen atoms in total. The number of hydrogen-bond donors (Lipinski definition) is 2. The number of rotatable bonds is 5. The van der Waals surface area contributed by atoms with Crippen LogP contribution < -0.4 is 11.1 Å². The van der Waals surface area contributed by atoms with Crippen LogP contribution in [0.4, 0.5) is 5.69 Å². The van der Waals surface area contributed by atoms with Crippen LogP contribution in [0.2, 0.25) is 5.15 Å². The van der Waals surface area contributed by atoms with Gasteiger partial charge in [-0.15, -0.1) is 0 Å². The first-order valence-corrected chi connectivity index (χ1v) is 6.79. The van der Waals surface area contributed by atoms with Crippen molar-refractivity contribution in [2.45, 2.75) is 31.5 Å². The van der Waals surface area contributed by atoms with Crippen LogP contribution in [-0.4, -0.2) is 40.6 Å². The lowest BCUT2D eigenvalue weighted by molar-refractivity contribution is -0.385. The summed E-state index contributed by atoms with van der Waals surface area (Å²) in [7, 11) is 0. The molecular weight excluding hydrogens is 300 g/mol. The second kappa shape index (κ2) is 6.33. The van der Waals surface area contributed by atoms with E-state index in [2.05, 4.69) is 10.3 Å². The van der Waals surface area contributed by atoms with E-state index in [0.717, 1.165) is 12.3 Å². The number of nitrogens with zero attached hydrogens (tertiary/aromatic N) is 2. The highest BCUT2D eigenvalue weighted by Gasteiger charge is 2.41. The summed E-state index contributed by atoms with van der Waals surface area (Å²) in [4.78, 5) is 26.1. The smallest absolute Gasteiger partial charge is 0.300 e. The standard InChI is InChI=1S/C12H15ClN4O4/c1-2-21-9-4-7(14)11(9)16-12(18)6-3-10(13)15-5-8(6)17(19)20/h3,5,7,9,11H,2,4,14H2,1H3,(H,16,18). The van der Waals surface area contributed by atoms with Gasteiger partial charge in [0, 0.05) is 12.6 Å². The molecule has 0 saturated heterocycles. The first-order chi connectivity index (χ1) is 9.93. The van der Waals surface area contributed by atoms with Crippen LogP contribution in [0.1, 0.15) is 23.7 Å². The molecule has 3 atom stereocenters. The van der Waals surface area contributed by atoms with Gasteiger partial charge in [-0.25, -0.2) is 4.98 Å². The molecule has 3 unspecified atom stereocenters. The minimum atomic E-state index is -0.682. The number of nitrogens with two attached hydrogens (primary N) is 1. The Balaban J connectivity index is 2.17. The molecule has 1 saturated carbocycles. The highest BCUT2D eigenvalue weighted by Crippen LogP contribution is 2.25. The van der Waals surface area contributed by atoms with Crippen molar-refractivity contribution in [1.82, 2.24) is 10.3 Å². The molecule has 0 aromatic carbocycles. The van der Waals surface area contributed by atoms with E-state index in [4.69, 9.17) is 22.1 Å². The highest BCUT2D eigenvalue weighted by molar-refractivity contribution is 6.29. The average Bonchev–Trinajstić information content (AvgIpc) is 2.44. The molecule has 0 spiro atoms. The summed E-state index contributed by atoms with van der Waals surface area (Å²) < 4.78 is 5.43. The largest absolute Gasteiger partial charge is 0.376 e. The molecule has 21 heavy (non-hydrogen) atoms. The van der Waals surface area contributed by atoms with Crippen molar-refractivity contribution in [1.29, 1.82) is 0 Å². The predicted octanol–water partition coefficient (Wildman–Crippen LogP) is 0.878. The third-order valence-corrected chi connectivity index (χ3v) is 3.54. The SMILES string of the molecule is CCOC1CC(N)C1NC(=O)c1cc(Cl)ncc1[N+](=O)[O-]. The molecule has 0 bridgehead atoms. The van der Waals surface area contributed by atoms with E-state index in [-0.39, 0.29) is 28.9 Å². The zero-order valence-electron chi connectivity index (χ0n) is 11.3. The van der Waals surface area contributed by atoms with Crippen LogP contribution in [-0.2, 0) is 4.74 Å². The Morgan fingerprint density at radius 2 is 2.43 bits per heavy atom. The van der Waals surface area contributed by atoms with Gasteiger partial charge in [-0.1, -0.05) is 11.6 Å². The van der Waals surface area contributed by atoms with Crippen molar-refractivity contribution in [2.75, 3.05) is 6.61 Å². The Kier molecular flexibility index (Phi) is 4.71. The number of aromatic nitrogens is 1. The quantitative estimate of drug-likeness (QED) is 0.473. The molecule has 3 N–H and O–H groups in total. The minimum Gasteiger partial charge on any atom is -0.376 e. The van der Waals surface area contributed by atoms with E-state index in [9.17, 15) is 14.9 Å². The lowest BCUT2D eigenvalue weighted by Gasteiger charge is -2.42. The van der Waals surface area contributed by atoms with Gasteiger partial charge in [0.2, 0.25) is 0 Å². The number of pyridine rings is 1. The molecule has 0 aliphatic heterocycles. The maximum atomic E-state index is 12.2. The summed E-state index contributed by atoms with van der Waals surface area (Å²) in [6.07, 6.45) is 1.42. The number of carbonyl (C=O) groups excluding carboxylic acids is 1. The van der Waals surface area contributed by atoms with Gasteiger partial charge < -0.3 is 15.8 Å². The van der Waals surface area contributed by atoms with Crippen LogP contribution >= 0.6 is 11.6 Å². The summed E-state index contributed by atoms with van der Waals surface area (Å²) in [6, 6.07) is 0.556. The molecule has 9 heteroatoms. The topological polar surface area (TPSA) is 120 Å². The third kappa shape index (κ3) is 3.29. The molecule has 114 valence electrons. The Morgan fingerprint density at radius 3 is 3.00 bits per heavy atom. The number of halogens is 1. The highest BCUT2D eigenvalue weighted by atomic mass is 35.5. The van der Waals surface area contributed by atoms with Crippen molar-refractivity contribution in [3.05, 3.63) is 33.1 Å². The van der Waals surface area contributed by atoms with Crippen molar-refractivity contribution < 1.29 is 14.5 Å². The molecule has 1 fully saturated rings. The molecule has 0 radical (unpaired) electrons.